The SMILES string of the molecule is CCOC(=O)CC(NC(=O)CNC(=O)c1c[nH]c(=O)c(N)c1)c1cc(Cl)cc(Cl)c1O. The predicted octanol–water partition coefficient (Wildman–Crippen LogP) is 1.51. The highest BCUT2D eigenvalue weighted by Crippen LogP contribution is 2.36. The molecule has 1 aromatic heterocycles. The molecule has 166 valence electrons. The standard InChI is InChI=1S/C19H20Cl2N4O6/c1-2-31-16(27)6-14(11-4-10(20)5-12(21)17(11)28)25-15(26)8-24-18(29)9-3-13(22)19(30)23-7-9/h3-5,7,14,28H,2,6,8,22H2,1H3,(H,23,30)(H,24,29)(H,25,26). The second-order valence-corrected chi connectivity index (χ2v) is 7.15. The number of esters is 1. The zero-order valence-electron chi connectivity index (χ0n) is 16.3. The van der Waals surface area contributed by atoms with Crippen molar-refractivity contribution in [2.45, 2.75) is 19.4 Å². The molecule has 2 amide bonds. The molecule has 6 N–H and O–H groups in total. The van der Waals surface area contributed by atoms with Crippen molar-refractivity contribution in [3.05, 3.63) is 55.9 Å². The van der Waals surface area contributed by atoms with Crippen LogP contribution in [0.2, 0.25) is 10.0 Å². The maximum Gasteiger partial charge on any atom is 0.308 e. The lowest BCUT2D eigenvalue weighted by Gasteiger charge is -2.20. The molecule has 1 unspecified atom stereocenters. The van der Waals surface area contributed by atoms with Crippen LogP contribution in [-0.2, 0) is 14.3 Å². The van der Waals surface area contributed by atoms with Gasteiger partial charge in [0.1, 0.15) is 5.75 Å². The van der Waals surface area contributed by atoms with E-state index < -0.39 is 35.9 Å². The van der Waals surface area contributed by atoms with E-state index >= 15 is 0 Å². The number of phenolic OH excluding ortho intramolecular Hbond substituents is 1. The van der Waals surface area contributed by atoms with Gasteiger partial charge in [-0.15, -0.1) is 0 Å². The van der Waals surface area contributed by atoms with Crippen molar-refractivity contribution in [2.75, 3.05) is 18.9 Å². The van der Waals surface area contributed by atoms with Crippen LogP contribution in [0.3, 0.4) is 0 Å². The molecular formula is C19H20Cl2N4O6. The number of pyridine rings is 1. The fraction of sp³-hybridized carbons (Fsp3) is 0.263. The van der Waals surface area contributed by atoms with Crippen molar-refractivity contribution in [2.24, 2.45) is 0 Å². The second kappa shape index (κ2) is 10.7. The number of hydrogen-bond donors (Lipinski definition) is 5. The van der Waals surface area contributed by atoms with Crippen LogP contribution in [0.1, 0.15) is 35.3 Å². The van der Waals surface area contributed by atoms with Crippen molar-refractivity contribution in [1.82, 2.24) is 15.6 Å². The molecule has 1 heterocycles. The summed E-state index contributed by atoms with van der Waals surface area (Å²) in [5.74, 6) is -2.31. The molecule has 2 rings (SSSR count). The van der Waals surface area contributed by atoms with E-state index in [2.05, 4.69) is 15.6 Å². The monoisotopic (exact) mass is 470 g/mol. The van der Waals surface area contributed by atoms with Gasteiger partial charge in [0.2, 0.25) is 5.91 Å². The number of ether oxygens (including phenoxy) is 1. The normalized spacial score (nSPS) is 11.5. The van der Waals surface area contributed by atoms with E-state index in [0.717, 1.165) is 6.20 Å². The summed E-state index contributed by atoms with van der Waals surface area (Å²) in [5.41, 5.74) is 4.92. The van der Waals surface area contributed by atoms with Gasteiger partial charge in [0.05, 0.1) is 41.9 Å². The van der Waals surface area contributed by atoms with Gasteiger partial charge in [-0.25, -0.2) is 0 Å². The third kappa shape index (κ3) is 6.63. The fourth-order valence-corrected chi connectivity index (χ4v) is 3.13. The molecule has 10 nitrogen and oxygen atoms in total. The number of aromatic amines is 1. The summed E-state index contributed by atoms with van der Waals surface area (Å²) < 4.78 is 4.90. The number of carbonyl (C=O) groups is 3. The number of nitrogens with one attached hydrogen (secondary N) is 3. The van der Waals surface area contributed by atoms with Crippen molar-refractivity contribution in [1.29, 1.82) is 0 Å². The summed E-state index contributed by atoms with van der Waals surface area (Å²) in [7, 11) is 0. The van der Waals surface area contributed by atoms with Gasteiger partial charge >= 0.3 is 5.97 Å². The quantitative estimate of drug-likeness (QED) is 0.364. The Balaban J connectivity index is 2.13. The number of carbonyl (C=O) groups excluding carboxylic acids is 3. The van der Waals surface area contributed by atoms with Crippen LogP contribution >= 0.6 is 23.2 Å². The van der Waals surface area contributed by atoms with E-state index in [1.165, 1.54) is 18.2 Å². The van der Waals surface area contributed by atoms with Gasteiger partial charge in [-0.2, -0.15) is 0 Å². The van der Waals surface area contributed by atoms with Gasteiger partial charge in [0.15, 0.2) is 0 Å². The van der Waals surface area contributed by atoms with Crippen LogP contribution in [-0.4, -0.2) is 41.0 Å². The Labute approximate surface area is 186 Å². The number of nitrogen functional groups attached to an aromatic ring is 1. The summed E-state index contributed by atoms with van der Waals surface area (Å²) in [6.07, 6.45) is 0.843. The first-order valence-electron chi connectivity index (χ1n) is 9.01. The van der Waals surface area contributed by atoms with E-state index in [0.29, 0.717) is 0 Å². The molecule has 0 fully saturated rings. The summed E-state index contributed by atoms with van der Waals surface area (Å²) in [5, 5.41) is 15.3. The second-order valence-electron chi connectivity index (χ2n) is 6.31. The zero-order chi connectivity index (χ0) is 23.1. The highest BCUT2D eigenvalue weighted by atomic mass is 35.5. The number of rotatable bonds is 8. The summed E-state index contributed by atoms with van der Waals surface area (Å²) >= 11 is 11.9. The number of nitrogens with two attached hydrogens (primary N) is 1. The van der Waals surface area contributed by atoms with Crippen LogP contribution in [0.15, 0.2) is 29.2 Å². The Bertz CT molecular complexity index is 1060. The van der Waals surface area contributed by atoms with Gasteiger partial charge in [-0.3, -0.25) is 19.2 Å². The molecule has 0 saturated heterocycles. The Morgan fingerprint density at radius 1 is 1.26 bits per heavy atom. The third-order valence-electron chi connectivity index (χ3n) is 4.05. The minimum absolute atomic E-state index is 0.0484. The minimum Gasteiger partial charge on any atom is -0.506 e. The number of H-pyrrole nitrogens is 1. The summed E-state index contributed by atoms with van der Waals surface area (Å²) in [6.45, 7) is 1.28. The Hall–Kier alpha value is -3.24. The van der Waals surface area contributed by atoms with Crippen LogP contribution in [0.25, 0.3) is 0 Å². The van der Waals surface area contributed by atoms with Crippen molar-refractivity contribution in [3.63, 3.8) is 0 Å². The first kappa shape index (κ1) is 24.0. The third-order valence-corrected chi connectivity index (χ3v) is 4.55. The highest BCUT2D eigenvalue weighted by molar-refractivity contribution is 6.35. The number of hydrogen-bond acceptors (Lipinski definition) is 7. The van der Waals surface area contributed by atoms with E-state index in [9.17, 15) is 24.3 Å². The molecule has 0 saturated carbocycles. The van der Waals surface area contributed by atoms with Crippen molar-refractivity contribution in [3.8, 4) is 5.75 Å². The number of benzene rings is 1. The lowest BCUT2D eigenvalue weighted by atomic mass is 10.0. The van der Waals surface area contributed by atoms with Crippen molar-refractivity contribution >= 4 is 46.7 Å². The van der Waals surface area contributed by atoms with E-state index in [4.69, 9.17) is 33.7 Å². The van der Waals surface area contributed by atoms with Gasteiger partial charge in [0.25, 0.3) is 11.5 Å². The van der Waals surface area contributed by atoms with E-state index in [1.54, 1.807) is 6.92 Å². The van der Waals surface area contributed by atoms with Gasteiger partial charge in [0, 0.05) is 16.8 Å². The van der Waals surface area contributed by atoms with Crippen LogP contribution in [0.5, 0.6) is 5.75 Å². The maximum atomic E-state index is 12.4. The lowest BCUT2D eigenvalue weighted by Crippen LogP contribution is -2.39. The molecule has 2 aromatic rings. The number of phenols is 1. The van der Waals surface area contributed by atoms with E-state index in [1.807, 2.05) is 0 Å². The predicted molar refractivity (Wildman–Crippen MR) is 114 cm³/mol. The van der Waals surface area contributed by atoms with E-state index in [-0.39, 0.29) is 45.6 Å². The zero-order valence-corrected chi connectivity index (χ0v) is 17.8. The van der Waals surface area contributed by atoms with Gasteiger partial charge < -0.3 is 31.2 Å². The smallest absolute Gasteiger partial charge is 0.308 e. The molecule has 0 bridgehead atoms. The molecule has 1 aromatic carbocycles. The largest absolute Gasteiger partial charge is 0.506 e. The van der Waals surface area contributed by atoms with Crippen LogP contribution in [0.4, 0.5) is 5.69 Å². The number of anilines is 1. The average molecular weight is 471 g/mol. The molecule has 0 aliphatic rings. The molecular weight excluding hydrogens is 451 g/mol. The topological polar surface area (TPSA) is 164 Å². The fourth-order valence-electron chi connectivity index (χ4n) is 2.62. The van der Waals surface area contributed by atoms with Crippen LogP contribution in [0, 0.1) is 0 Å². The number of halogens is 2. The van der Waals surface area contributed by atoms with Crippen LogP contribution < -0.4 is 21.9 Å². The van der Waals surface area contributed by atoms with Gasteiger partial charge in [-0.05, 0) is 25.1 Å². The molecule has 0 spiro atoms. The van der Waals surface area contributed by atoms with Crippen molar-refractivity contribution < 1.29 is 24.2 Å². The number of aromatic nitrogens is 1. The number of amides is 2. The molecule has 1 atom stereocenters. The molecule has 0 aliphatic heterocycles. The first-order valence-corrected chi connectivity index (χ1v) is 9.77. The average Bonchev–Trinajstić information content (AvgIpc) is 2.70. The molecule has 0 radical (unpaired) electrons. The first-order chi connectivity index (χ1) is 14.6. The Morgan fingerprint density at radius 3 is 2.61 bits per heavy atom. The summed E-state index contributed by atoms with van der Waals surface area (Å²) in [6, 6.07) is 2.81. The molecule has 12 heteroatoms. The molecule has 0 aliphatic carbocycles. The number of aromatic hydroxyl groups is 1. The lowest BCUT2D eigenvalue weighted by molar-refractivity contribution is -0.143. The van der Waals surface area contributed by atoms with Gasteiger partial charge in [-0.1, -0.05) is 23.2 Å². The maximum absolute atomic E-state index is 12.4. The Morgan fingerprint density at radius 2 is 1.97 bits per heavy atom. The summed E-state index contributed by atoms with van der Waals surface area (Å²) in [4.78, 5) is 50.1. The molecule has 31 heavy (non-hydrogen) atoms. The Kier molecular flexibility index (Phi) is 8.29. The highest BCUT2D eigenvalue weighted by Gasteiger charge is 2.24. The minimum atomic E-state index is -1.02.